The van der Waals surface area contributed by atoms with E-state index in [1.807, 2.05) is 84.9 Å². The molecular weight excluding hydrogens is 526 g/mol. The molecule has 0 radical (unpaired) electrons. The first-order valence-corrected chi connectivity index (χ1v) is 13.5. The van der Waals surface area contributed by atoms with Gasteiger partial charge in [-0.2, -0.15) is 15.8 Å². The molecule has 5 nitrogen and oxygen atoms in total. The quantitative estimate of drug-likeness (QED) is 0.201. The number of fused-ring (bicyclic) bond motifs is 1. The predicted octanol–water partition coefficient (Wildman–Crippen LogP) is 9.81. The van der Waals surface area contributed by atoms with Crippen molar-refractivity contribution >= 4 is 33.5 Å². The number of nitrogens with zero attached hydrogens (tertiary/aromatic N) is 5. The molecule has 6 aromatic rings. The van der Waals surface area contributed by atoms with Crippen molar-refractivity contribution in [3.05, 3.63) is 156 Å². The third kappa shape index (κ3) is 5.15. The molecule has 0 aliphatic heterocycles. The van der Waals surface area contributed by atoms with E-state index in [-0.39, 0.29) is 0 Å². The van der Waals surface area contributed by atoms with Crippen molar-refractivity contribution < 1.29 is 0 Å². The van der Waals surface area contributed by atoms with Crippen LogP contribution in [0.5, 0.6) is 0 Å². The van der Waals surface area contributed by atoms with Gasteiger partial charge in [-0.25, -0.2) is 4.85 Å². The van der Waals surface area contributed by atoms with Gasteiger partial charge in [0, 0.05) is 22.1 Å². The minimum absolute atomic E-state index is 0.438. The summed E-state index contributed by atoms with van der Waals surface area (Å²) in [4.78, 5) is 5.64. The highest BCUT2D eigenvalue weighted by Gasteiger charge is 2.17. The summed E-state index contributed by atoms with van der Waals surface area (Å²) in [6, 6.07) is 47.2. The molecule has 0 aromatic heterocycles. The molecule has 0 spiro atoms. The van der Waals surface area contributed by atoms with Gasteiger partial charge in [0.1, 0.15) is 0 Å². The van der Waals surface area contributed by atoms with Crippen molar-refractivity contribution in [3.8, 4) is 40.5 Å². The van der Waals surface area contributed by atoms with Gasteiger partial charge in [-0.15, -0.1) is 0 Å². The number of hydrogen-bond donors (Lipinski definition) is 0. The van der Waals surface area contributed by atoms with Gasteiger partial charge in [-0.05, 0) is 76.9 Å². The predicted molar refractivity (Wildman–Crippen MR) is 170 cm³/mol. The van der Waals surface area contributed by atoms with Crippen LogP contribution in [0.1, 0.15) is 16.7 Å². The van der Waals surface area contributed by atoms with Crippen LogP contribution in [0.2, 0.25) is 0 Å². The van der Waals surface area contributed by atoms with Crippen molar-refractivity contribution in [2.45, 2.75) is 0 Å². The Kier molecular flexibility index (Phi) is 7.07. The lowest BCUT2D eigenvalue weighted by molar-refractivity contribution is 1.30. The van der Waals surface area contributed by atoms with Crippen molar-refractivity contribution in [1.82, 2.24) is 0 Å². The van der Waals surface area contributed by atoms with Crippen LogP contribution in [0.4, 0.5) is 22.7 Å². The molecule has 0 saturated carbocycles. The molecule has 5 heteroatoms. The molecule has 198 valence electrons. The molecule has 0 atom stereocenters. The first-order chi connectivity index (χ1) is 21.1. The second-order valence-corrected chi connectivity index (χ2v) is 9.90. The monoisotopic (exact) mass is 547 g/mol. The molecule has 43 heavy (non-hydrogen) atoms. The van der Waals surface area contributed by atoms with Crippen molar-refractivity contribution in [1.29, 1.82) is 15.8 Å². The van der Waals surface area contributed by atoms with Crippen molar-refractivity contribution in [2.75, 3.05) is 4.90 Å². The Balaban J connectivity index is 1.47. The second-order valence-electron chi connectivity index (χ2n) is 9.90. The van der Waals surface area contributed by atoms with Crippen LogP contribution in [0.15, 0.2) is 127 Å². The van der Waals surface area contributed by atoms with Crippen LogP contribution >= 0.6 is 0 Å². The normalized spacial score (nSPS) is 10.2. The van der Waals surface area contributed by atoms with Crippen LogP contribution < -0.4 is 4.90 Å². The number of rotatable bonds is 5. The fourth-order valence-electron chi connectivity index (χ4n) is 5.26. The molecular formula is C38H21N5. The summed E-state index contributed by atoms with van der Waals surface area (Å²) in [5.74, 6) is 0. The zero-order chi connectivity index (χ0) is 29.8. The van der Waals surface area contributed by atoms with Gasteiger partial charge in [-0.1, -0.05) is 72.8 Å². The average Bonchev–Trinajstić information content (AvgIpc) is 3.08. The molecule has 0 aliphatic rings. The zero-order valence-electron chi connectivity index (χ0n) is 22.9. The van der Waals surface area contributed by atoms with Gasteiger partial charge in [0.05, 0.1) is 47.2 Å². The molecule has 0 bridgehead atoms. The van der Waals surface area contributed by atoms with Gasteiger partial charge in [0.25, 0.3) is 0 Å². The van der Waals surface area contributed by atoms with Gasteiger partial charge < -0.3 is 4.90 Å². The van der Waals surface area contributed by atoms with Gasteiger partial charge in [-0.3, -0.25) is 0 Å². The van der Waals surface area contributed by atoms with Gasteiger partial charge in [0.15, 0.2) is 5.69 Å². The molecule has 0 amide bonds. The minimum Gasteiger partial charge on any atom is -0.310 e. The molecule has 6 rings (SSSR count). The summed E-state index contributed by atoms with van der Waals surface area (Å²) >= 11 is 0. The van der Waals surface area contributed by atoms with E-state index in [1.54, 1.807) is 18.2 Å². The Labute approximate surface area is 249 Å². The molecule has 6 aromatic carbocycles. The van der Waals surface area contributed by atoms with E-state index >= 15 is 0 Å². The largest absolute Gasteiger partial charge is 0.310 e. The third-order valence-corrected chi connectivity index (χ3v) is 7.37. The standard InChI is InChI=1S/C38H21N5/c1-42-33-13-6-28(7-14-33)29-8-15-34(16-9-29)43(38-19-12-31(25-41)36-4-2-3-5-37(36)38)35-17-10-30(11-18-35)32-21-26(23-39)20-27(22-32)24-40/h2-22H. The van der Waals surface area contributed by atoms with E-state index in [9.17, 15) is 15.8 Å². The number of anilines is 3. The van der Waals surface area contributed by atoms with E-state index < -0.39 is 0 Å². The summed E-state index contributed by atoms with van der Waals surface area (Å²) in [6.45, 7) is 7.22. The molecule has 0 N–H and O–H groups in total. The van der Waals surface area contributed by atoms with Crippen LogP contribution in [-0.2, 0) is 0 Å². The summed E-state index contributed by atoms with van der Waals surface area (Å²) in [6.07, 6.45) is 0. The molecule has 0 fully saturated rings. The summed E-state index contributed by atoms with van der Waals surface area (Å²) in [5.41, 5.74) is 8.60. The van der Waals surface area contributed by atoms with Gasteiger partial charge >= 0.3 is 0 Å². The van der Waals surface area contributed by atoms with E-state index in [4.69, 9.17) is 6.57 Å². The zero-order valence-corrected chi connectivity index (χ0v) is 22.9. The summed E-state index contributed by atoms with van der Waals surface area (Å²) < 4.78 is 0. The minimum atomic E-state index is 0.438. The van der Waals surface area contributed by atoms with Crippen LogP contribution in [0.25, 0.3) is 37.9 Å². The molecule has 0 saturated heterocycles. The maximum atomic E-state index is 9.76. The molecule has 0 heterocycles. The Morgan fingerprint density at radius 2 is 1.02 bits per heavy atom. The Hall–Kier alpha value is -6.66. The third-order valence-electron chi connectivity index (χ3n) is 7.37. The topological polar surface area (TPSA) is 79.0 Å². The fraction of sp³-hybridized carbons (Fsp3) is 0. The molecule has 0 unspecified atom stereocenters. The first-order valence-electron chi connectivity index (χ1n) is 13.5. The lowest BCUT2D eigenvalue weighted by atomic mass is 9.99. The maximum Gasteiger partial charge on any atom is 0.187 e. The summed E-state index contributed by atoms with van der Waals surface area (Å²) in [5, 5.41) is 30.5. The Morgan fingerprint density at radius 3 is 1.53 bits per heavy atom. The highest BCUT2D eigenvalue weighted by Crippen LogP contribution is 2.41. The highest BCUT2D eigenvalue weighted by molar-refractivity contribution is 6.01. The number of nitriles is 3. The van der Waals surface area contributed by atoms with E-state index in [1.165, 1.54) is 0 Å². The van der Waals surface area contributed by atoms with Crippen LogP contribution in [-0.4, -0.2) is 0 Å². The SMILES string of the molecule is [C-]#[N+]c1ccc(-c2ccc(N(c3ccc(-c4cc(C#N)cc(C#N)c4)cc3)c3ccc(C#N)c4ccccc34)cc2)cc1. The smallest absolute Gasteiger partial charge is 0.187 e. The van der Waals surface area contributed by atoms with E-state index in [2.05, 4.69) is 52.2 Å². The fourth-order valence-corrected chi connectivity index (χ4v) is 5.26. The lowest BCUT2D eigenvalue weighted by Crippen LogP contribution is -2.10. The molecule has 0 aliphatic carbocycles. The van der Waals surface area contributed by atoms with Crippen molar-refractivity contribution in [3.63, 3.8) is 0 Å². The average molecular weight is 548 g/mol. The van der Waals surface area contributed by atoms with Crippen LogP contribution in [0, 0.1) is 40.6 Å². The van der Waals surface area contributed by atoms with Crippen LogP contribution in [0.3, 0.4) is 0 Å². The number of benzene rings is 6. The van der Waals surface area contributed by atoms with E-state index in [0.29, 0.717) is 22.4 Å². The first kappa shape index (κ1) is 26.6. The maximum absolute atomic E-state index is 9.76. The van der Waals surface area contributed by atoms with Crippen molar-refractivity contribution in [2.24, 2.45) is 0 Å². The highest BCUT2D eigenvalue weighted by atomic mass is 15.1. The lowest BCUT2D eigenvalue weighted by Gasteiger charge is -2.27. The Bertz CT molecular complexity index is 2120. The number of hydrogen-bond acceptors (Lipinski definition) is 4. The summed E-state index contributed by atoms with van der Waals surface area (Å²) in [7, 11) is 0. The van der Waals surface area contributed by atoms with Gasteiger partial charge in [0.2, 0.25) is 0 Å². The van der Waals surface area contributed by atoms with E-state index in [0.717, 1.165) is 50.1 Å². The Morgan fingerprint density at radius 1 is 0.512 bits per heavy atom. The second kappa shape index (κ2) is 11.4.